The van der Waals surface area contributed by atoms with Crippen molar-refractivity contribution in [2.75, 3.05) is 20.1 Å². The summed E-state index contributed by atoms with van der Waals surface area (Å²) in [6.07, 6.45) is 2.01. The Hall–Kier alpha value is -1.14. The molecule has 104 valence electrons. The summed E-state index contributed by atoms with van der Waals surface area (Å²) in [5.41, 5.74) is 0. The van der Waals surface area contributed by atoms with Gasteiger partial charge >= 0.3 is 5.97 Å². The first-order valence-electron chi connectivity index (χ1n) is 6.33. The Bertz CT molecular complexity index is 309. The lowest BCUT2D eigenvalue weighted by atomic mass is 9.99. The van der Waals surface area contributed by atoms with Crippen LogP contribution >= 0.6 is 0 Å². The number of hydrogen-bond acceptors (Lipinski definition) is 4. The zero-order valence-corrected chi connectivity index (χ0v) is 11.3. The molecule has 0 aromatic heterocycles. The highest BCUT2D eigenvalue weighted by Gasteiger charge is 2.25. The van der Waals surface area contributed by atoms with Crippen LogP contribution in [0.5, 0.6) is 0 Å². The van der Waals surface area contributed by atoms with Gasteiger partial charge in [0.2, 0.25) is 5.91 Å². The maximum Gasteiger partial charge on any atom is 0.327 e. The van der Waals surface area contributed by atoms with Gasteiger partial charge in [0.1, 0.15) is 6.04 Å². The fraction of sp³-hybridized carbons (Fsp3) is 0.833. The molecule has 0 aromatic carbocycles. The van der Waals surface area contributed by atoms with Crippen LogP contribution in [0.3, 0.4) is 0 Å². The van der Waals surface area contributed by atoms with Crippen molar-refractivity contribution in [2.24, 2.45) is 0 Å². The molecule has 3 unspecified atom stereocenters. The molecule has 6 nitrogen and oxygen atoms in total. The van der Waals surface area contributed by atoms with Crippen molar-refractivity contribution in [1.29, 1.82) is 0 Å². The van der Waals surface area contributed by atoms with Crippen molar-refractivity contribution >= 4 is 11.9 Å². The molecule has 18 heavy (non-hydrogen) atoms. The minimum absolute atomic E-state index is 0.274. The normalized spacial score (nSPS) is 26.6. The average Bonchev–Trinajstić information content (AvgIpc) is 2.28. The summed E-state index contributed by atoms with van der Waals surface area (Å²) in [7, 11) is 2.10. The molecule has 1 heterocycles. The minimum Gasteiger partial charge on any atom is -0.480 e. The molecule has 1 aliphatic heterocycles. The summed E-state index contributed by atoms with van der Waals surface area (Å²) in [6, 6.07) is -0.0236. The Labute approximate surface area is 108 Å². The van der Waals surface area contributed by atoms with Gasteiger partial charge in [-0.25, -0.2) is 4.79 Å². The van der Waals surface area contributed by atoms with Crippen LogP contribution in [0.2, 0.25) is 0 Å². The van der Waals surface area contributed by atoms with E-state index in [0.717, 1.165) is 19.4 Å². The quantitative estimate of drug-likeness (QED) is 0.627. The first-order chi connectivity index (χ1) is 8.40. The Morgan fingerprint density at radius 1 is 1.50 bits per heavy atom. The van der Waals surface area contributed by atoms with Crippen molar-refractivity contribution in [3.63, 3.8) is 0 Å². The first-order valence-corrected chi connectivity index (χ1v) is 6.33. The molecule has 1 amide bonds. The molecule has 0 bridgehead atoms. The highest BCUT2D eigenvalue weighted by molar-refractivity contribution is 5.82. The van der Waals surface area contributed by atoms with Crippen LogP contribution < -0.4 is 10.6 Å². The molecule has 3 N–H and O–H groups in total. The fourth-order valence-electron chi connectivity index (χ4n) is 2.20. The molecule has 0 aromatic rings. The zero-order chi connectivity index (χ0) is 13.7. The number of piperidine rings is 1. The van der Waals surface area contributed by atoms with E-state index in [9.17, 15) is 9.59 Å². The lowest BCUT2D eigenvalue weighted by molar-refractivity contribution is -0.141. The molecular weight excluding hydrogens is 234 g/mol. The van der Waals surface area contributed by atoms with E-state index in [1.54, 1.807) is 0 Å². The summed E-state index contributed by atoms with van der Waals surface area (Å²) < 4.78 is 0. The Balaban J connectivity index is 2.38. The highest BCUT2D eigenvalue weighted by Crippen LogP contribution is 2.15. The van der Waals surface area contributed by atoms with E-state index in [1.807, 2.05) is 0 Å². The number of hydrogen-bond donors (Lipinski definition) is 3. The smallest absolute Gasteiger partial charge is 0.327 e. The molecule has 0 saturated carbocycles. The number of carboxylic acid groups (broad SMARTS) is 1. The van der Waals surface area contributed by atoms with Crippen molar-refractivity contribution in [3.8, 4) is 0 Å². The van der Waals surface area contributed by atoms with E-state index in [4.69, 9.17) is 5.11 Å². The lowest BCUT2D eigenvalue weighted by Gasteiger charge is -2.35. The number of amides is 1. The molecule has 3 atom stereocenters. The minimum atomic E-state index is -1.00. The van der Waals surface area contributed by atoms with E-state index in [-0.39, 0.29) is 12.5 Å². The van der Waals surface area contributed by atoms with Crippen LogP contribution in [0.1, 0.15) is 26.7 Å². The number of carbonyl (C=O) groups excluding carboxylic acids is 1. The van der Waals surface area contributed by atoms with Gasteiger partial charge in [-0.2, -0.15) is 0 Å². The van der Waals surface area contributed by atoms with E-state index in [2.05, 4.69) is 29.5 Å². The van der Waals surface area contributed by atoms with E-state index < -0.39 is 12.0 Å². The fourth-order valence-corrected chi connectivity index (χ4v) is 2.20. The van der Waals surface area contributed by atoms with E-state index in [1.165, 1.54) is 6.92 Å². The van der Waals surface area contributed by atoms with Crippen LogP contribution in [0, 0.1) is 0 Å². The Kier molecular flexibility index (Phi) is 5.55. The largest absolute Gasteiger partial charge is 0.480 e. The van der Waals surface area contributed by atoms with Gasteiger partial charge in [-0.3, -0.25) is 4.79 Å². The number of nitrogens with zero attached hydrogens (tertiary/aromatic N) is 1. The summed E-state index contributed by atoms with van der Waals surface area (Å²) in [5.74, 6) is -1.32. The van der Waals surface area contributed by atoms with Gasteiger partial charge in [-0.1, -0.05) is 0 Å². The number of carbonyl (C=O) groups is 2. The van der Waals surface area contributed by atoms with E-state index in [0.29, 0.717) is 12.1 Å². The lowest BCUT2D eigenvalue weighted by Crippen LogP contribution is -2.52. The van der Waals surface area contributed by atoms with Crippen LogP contribution in [0.15, 0.2) is 0 Å². The molecule has 1 aliphatic rings. The number of likely N-dealkylation sites (tertiary alicyclic amines) is 1. The first kappa shape index (κ1) is 14.9. The van der Waals surface area contributed by atoms with Gasteiger partial charge in [0, 0.05) is 25.6 Å². The van der Waals surface area contributed by atoms with Crippen LogP contribution in [-0.4, -0.2) is 60.1 Å². The van der Waals surface area contributed by atoms with E-state index >= 15 is 0 Å². The summed E-state index contributed by atoms with van der Waals surface area (Å²) >= 11 is 0. The summed E-state index contributed by atoms with van der Waals surface area (Å²) in [6.45, 7) is 4.77. The maximum atomic E-state index is 11.0. The van der Waals surface area contributed by atoms with Crippen molar-refractivity contribution in [3.05, 3.63) is 0 Å². The molecular formula is C12H23N3O3. The number of rotatable bonds is 5. The molecule has 6 heteroatoms. The van der Waals surface area contributed by atoms with Crippen LogP contribution in [0.25, 0.3) is 0 Å². The maximum absolute atomic E-state index is 11.0. The molecule has 0 aliphatic carbocycles. The molecule has 1 rings (SSSR count). The molecule has 1 fully saturated rings. The van der Waals surface area contributed by atoms with Gasteiger partial charge in [-0.15, -0.1) is 0 Å². The third-order valence-corrected chi connectivity index (χ3v) is 3.49. The SMILES string of the molecule is CC(=O)NC(CNC1CCN(C)C(C)C1)C(=O)O. The third-order valence-electron chi connectivity index (χ3n) is 3.49. The third kappa shape index (κ3) is 4.62. The van der Waals surface area contributed by atoms with Gasteiger partial charge in [0.25, 0.3) is 0 Å². The Morgan fingerprint density at radius 3 is 2.67 bits per heavy atom. The number of carboxylic acids is 1. The summed E-state index contributed by atoms with van der Waals surface area (Å²) in [5, 5.41) is 14.6. The molecule has 0 radical (unpaired) electrons. The van der Waals surface area contributed by atoms with Crippen LogP contribution in [-0.2, 0) is 9.59 Å². The topological polar surface area (TPSA) is 81.7 Å². The standard InChI is InChI=1S/C12H23N3O3/c1-8-6-10(4-5-15(8)3)13-7-11(12(17)18)14-9(2)16/h8,10-11,13H,4-7H2,1-3H3,(H,14,16)(H,17,18). The number of nitrogens with one attached hydrogen (secondary N) is 2. The van der Waals surface area contributed by atoms with Crippen LogP contribution in [0.4, 0.5) is 0 Å². The average molecular weight is 257 g/mol. The Morgan fingerprint density at radius 2 is 2.17 bits per heavy atom. The van der Waals surface area contributed by atoms with Crippen molar-refractivity contribution in [2.45, 2.75) is 44.8 Å². The van der Waals surface area contributed by atoms with Gasteiger partial charge < -0.3 is 20.6 Å². The van der Waals surface area contributed by atoms with Gasteiger partial charge in [-0.05, 0) is 33.4 Å². The van der Waals surface area contributed by atoms with Crippen molar-refractivity contribution < 1.29 is 14.7 Å². The second kappa shape index (κ2) is 6.70. The summed E-state index contributed by atoms with van der Waals surface area (Å²) in [4.78, 5) is 24.1. The predicted octanol–water partition coefficient (Wildman–Crippen LogP) is -0.352. The zero-order valence-electron chi connectivity index (χ0n) is 11.3. The highest BCUT2D eigenvalue weighted by atomic mass is 16.4. The van der Waals surface area contributed by atoms with Gasteiger partial charge in [0.05, 0.1) is 0 Å². The molecule has 1 saturated heterocycles. The molecule has 0 spiro atoms. The second-order valence-electron chi connectivity index (χ2n) is 5.05. The monoisotopic (exact) mass is 257 g/mol. The van der Waals surface area contributed by atoms with Gasteiger partial charge in [0.15, 0.2) is 0 Å². The van der Waals surface area contributed by atoms with Crippen molar-refractivity contribution in [1.82, 2.24) is 15.5 Å². The predicted molar refractivity (Wildman–Crippen MR) is 68.4 cm³/mol. The second-order valence-corrected chi connectivity index (χ2v) is 5.05. The number of aliphatic carboxylic acids is 1.